The predicted octanol–water partition coefficient (Wildman–Crippen LogP) is 4.39. The molecule has 182 valence electrons. The maximum atomic E-state index is 13.1. The Bertz CT molecular complexity index is 1150. The van der Waals surface area contributed by atoms with Gasteiger partial charge in [-0.1, -0.05) is 6.07 Å². The topological polar surface area (TPSA) is 63.0 Å². The van der Waals surface area contributed by atoms with Crippen molar-refractivity contribution in [1.82, 2.24) is 24.7 Å². The zero-order valence-corrected chi connectivity index (χ0v) is 18.3. The zero-order chi connectivity index (χ0) is 23.9. The van der Waals surface area contributed by atoms with Crippen LogP contribution in [0.1, 0.15) is 31.4 Å². The van der Waals surface area contributed by atoms with Crippen LogP contribution in [0.3, 0.4) is 0 Å². The summed E-state index contributed by atoms with van der Waals surface area (Å²) in [5.41, 5.74) is -0.0916. The molecule has 0 N–H and O–H groups in total. The molecule has 3 aromatic heterocycles. The van der Waals surface area contributed by atoms with Gasteiger partial charge >= 0.3 is 6.18 Å². The molecule has 5 rings (SSSR count). The monoisotopic (exact) mass is 481 g/mol. The number of anilines is 2. The van der Waals surface area contributed by atoms with Crippen molar-refractivity contribution in [2.24, 2.45) is 5.41 Å². The van der Waals surface area contributed by atoms with E-state index in [-0.39, 0.29) is 5.41 Å². The fourth-order valence-corrected chi connectivity index (χ4v) is 5.04. The number of aromatic nitrogens is 5. The minimum absolute atomic E-state index is 0.0142. The Morgan fingerprint density at radius 2 is 1.74 bits per heavy atom. The third kappa shape index (κ3) is 4.49. The maximum Gasteiger partial charge on any atom is 0.433 e. The van der Waals surface area contributed by atoms with Crippen molar-refractivity contribution in [3.05, 3.63) is 36.3 Å². The highest BCUT2D eigenvalue weighted by Crippen LogP contribution is 2.42. The quantitative estimate of drug-likeness (QED) is 0.515. The van der Waals surface area contributed by atoms with Crippen molar-refractivity contribution < 1.29 is 22.0 Å². The lowest BCUT2D eigenvalue weighted by Crippen LogP contribution is -2.50. The average molecular weight is 481 g/mol. The van der Waals surface area contributed by atoms with Crippen LogP contribution in [0.5, 0.6) is 0 Å². The normalized spacial score (nSPS) is 18.9. The largest absolute Gasteiger partial charge is 0.433 e. The van der Waals surface area contributed by atoms with Crippen LogP contribution in [0.4, 0.5) is 33.6 Å². The number of alkyl halides is 5. The molecule has 1 spiro atoms. The van der Waals surface area contributed by atoms with E-state index in [0.717, 1.165) is 31.7 Å². The van der Waals surface area contributed by atoms with Crippen LogP contribution < -0.4 is 9.80 Å². The number of fused-ring (bicyclic) bond motifs is 1. The summed E-state index contributed by atoms with van der Waals surface area (Å²) in [5, 5.41) is 3.96. The Morgan fingerprint density at radius 1 is 0.941 bits per heavy atom. The summed E-state index contributed by atoms with van der Waals surface area (Å²) in [4.78, 5) is 16.8. The lowest BCUT2D eigenvalue weighted by molar-refractivity contribution is -0.141. The van der Waals surface area contributed by atoms with E-state index in [1.165, 1.54) is 16.9 Å². The second kappa shape index (κ2) is 8.62. The van der Waals surface area contributed by atoms with Crippen molar-refractivity contribution in [3.63, 3.8) is 0 Å². The van der Waals surface area contributed by atoms with Crippen molar-refractivity contribution in [2.45, 2.75) is 44.8 Å². The van der Waals surface area contributed by atoms with Crippen molar-refractivity contribution in [1.29, 1.82) is 0 Å². The van der Waals surface area contributed by atoms with Gasteiger partial charge in [-0.05, 0) is 43.2 Å². The van der Waals surface area contributed by atoms with Gasteiger partial charge in [0.25, 0.3) is 6.43 Å². The zero-order valence-electron chi connectivity index (χ0n) is 18.3. The molecule has 0 aliphatic carbocycles. The lowest BCUT2D eigenvalue weighted by Gasteiger charge is -2.48. The van der Waals surface area contributed by atoms with E-state index in [2.05, 4.69) is 25.0 Å². The predicted molar refractivity (Wildman–Crippen MR) is 116 cm³/mol. The van der Waals surface area contributed by atoms with Gasteiger partial charge in [0.1, 0.15) is 29.4 Å². The molecule has 0 aromatic carbocycles. The molecule has 0 amide bonds. The molecule has 2 fully saturated rings. The van der Waals surface area contributed by atoms with Gasteiger partial charge in [-0.3, -0.25) is 0 Å². The Labute approximate surface area is 192 Å². The average Bonchev–Trinajstić information content (AvgIpc) is 3.20. The highest BCUT2D eigenvalue weighted by atomic mass is 19.4. The van der Waals surface area contributed by atoms with E-state index < -0.39 is 24.8 Å². The van der Waals surface area contributed by atoms with Crippen LogP contribution in [-0.4, -0.2) is 57.3 Å². The number of pyridine rings is 1. The molecule has 0 radical (unpaired) electrons. The number of nitrogens with zero attached hydrogens (tertiary/aromatic N) is 7. The molecule has 0 bridgehead atoms. The number of piperidine rings is 2. The molecule has 34 heavy (non-hydrogen) atoms. The fourth-order valence-electron chi connectivity index (χ4n) is 5.04. The smallest absolute Gasteiger partial charge is 0.356 e. The second-order valence-corrected chi connectivity index (χ2v) is 9.05. The molecule has 2 aliphatic heterocycles. The van der Waals surface area contributed by atoms with Gasteiger partial charge < -0.3 is 9.80 Å². The summed E-state index contributed by atoms with van der Waals surface area (Å²) in [6, 6.07) is 4.03. The van der Waals surface area contributed by atoms with E-state index in [9.17, 15) is 22.0 Å². The van der Waals surface area contributed by atoms with E-state index in [0.29, 0.717) is 49.0 Å². The van der Waals surface area contributed by atoms with E-state index >= 15 is 0 Å². The summed E-state index contributed by atoms with van der Waals surface area (Å²) in [6.45, 7) is 2.20. The first kappa shape index (κ1) is 22.7. The van der Waals surface area contributed by atoms with Gasteiger partial charge in [0.05, 0.1) is 12.4 Å². The molecule has 0 saturated carbocycles. The fraction of sp³-hybridized carbons (Fsp3) is 0.545. The van der Waals surface area contributed by atoms with Gasteiger partial charge in [-0.25, -0.2) is 28.4 Å². The molecule has 12 heteroatoms. The molecule has 0 unspecified atom stereocenters. The minimum atomic E-state index is -4.47. The van der Waals surface area contributed by atoms with Crippen LogP contribution in [0, 0.1) is 5.41 Å². The number of halogens is 5. The third-order valence-electron chi connectivity index (χ3n) is 6.80. The van der Waals surface area contributed by atoms with Crippen molar-refractivity contribution in [2.75, 3.05) is 36.0 Å². The Balaban J connectivity index is 1.29. The van der Waals surface area contributed by atoms with Gasteiger partial charge in [0.2, 0.25) is 0 Å². The Hall–Kier alpha value is -3.05. The number of hydrogen-bond acceptors (Lipinski definition) is 6. The number of rotatable bonds is 4. The third-order valence-corrected chi connectivity index (χ3v) is 6.80. The van der Waals surface area contributed by atoms with Crippen LogP contribution in [0.2, 0.25) is 0 Å². The van der Waals surface area contributed by atoms with Crippen LogP contribution >= 0.6 is 0 Å². The highest BCUT2D eigenvalue weighted by Gasteiger charge is 2.40. The molecule has 0 atom stereocenters. The Morgan fingerprint density at radius 3 is 2.47 bits per heavy atom. The second-order valence-electron chi connectivity index (χ2n) is 9.05. The standard InChI is InChI=1S/C22H24F5N7/c23-17(24)13-34-20-15(11-29-34)28-12-19(31-20)32-9-6-21(7-10-32)5-2-8-33(14-21)18-4-1-3-16(30-18)22(25,26)27/h1,3-4,11-12,17H,2,5-10,13-14H2. The first-order chi connectivity index (χ1) is 16.2. The Kier molecular flexibility index (Phi) is 5.76. The molecule has 2 aliphatic rings. The molecular formula is C22H24F5N7. The van der Waals surface area contributed by atoms with E-state index in [1.54, 1.807) is 12.3 Å². The van der Waals surface area contributed by atoms with Crippen LogP contribution in [-0.2, 0) is 12.7 Å². The first-order valence-electron chi connectivity index (χ1n) is 11.2. The van der Waals surface area contributed by atoms with Gasteiger partial charge in [0.15, 0.2) is 5.65 Å². The molecule has 5 heterocycles. The minimum Gasteiger partial charge on any atom is -0.356 e. The van der Waals surface area contributed by atoms with Gasteiger partial charge in [0, 0.05) is 26.2 Å². The lowest BCUT2D eigenvalue weighted by atomic mass is 9.72. The first-order valence-corrected chi connectivity index (χ1v) is 11.2. The molecule has 2 saturated heterocycles. The molecule has 7 nitrogen and oxygen atoms in total. The maximum absolute atomic E-state index is 13.1. The van der Waals surface area contributed by atoms with Gasteiger partial charge in [-0.15, -0.1) is 0 Å². The summed E-state index contributed by atoms with van der Waals surface area (Å²) >= 11 is 0. The summed E-state index contributed by atoms with van der Waals surface area (Å²) in [6.07, 6.45) is -0.368. The van der Waals surface area contributed by atoms with E-state index in [1.807, 2.05) is 4.90 Å². The molecule has 3 aromatic rings. The van der Waals surface area contributed by atoms with Crippen molar-refractivity contribution in [3.8, 4) is 0 Å². The summed E-state index contributed by atoms with van der Waals surface area (Å²) in [7, 11) is 0. The number of hydrogen-bond donors (Lipinski definition) is 0. The van der Waals surface area contributed by atoms with Crippen LogP contribution in [0.15, 0.2) is 30.6 Å². The van der Waals surface area contributed by atoms with Crippen LogP contribution in [0.25, 0.3) is 11.2 Å². The summed E-state index contributed by atoms with van der Waals surface area (Å²) < 4.78 is 66.2. The van der Waals surface area contributed by atoms with Gasteiger partial charge in [-0.2, -0.15) is 18.3 Å². The van der Waals surface area contributed by atoms with E-state index in [4.69, 9.17) is 0 Å². The summed E-state index contributed by atoms with van der Waals surface area (Å²) in [5.74, 6) is 0.977. The molecular weight excluding hydrogens is 457 g/mol. The highest BCUT2D eigenvalue weighted by molar-refractivity contribution is 5.71. The SMILES string of the molecule is FC(F)Cn1ncc2ncc(N3CCC4(CCCN(c5cccc(C(F)(F)F)n5)C4)CC3)nc21. The van der Waals surface area contributed by atoms with Crippen molar-refractivity contribution >= 4 is 22.8 Å².